The Morgan fingerprint density at radius 1 is 1.17 bits per heavy atom. The van der Waals surface area contributed by atoms with Gasteiger partial charge in [0, 0.05) is 30.5 Å². The van der Waals surface area contributed by atoms with E-state index in [1.54, 1.807) is 36.7 Å². The van der Waals surface area contributed by atoms with Gasteiger partial charge in [0.15, 0.2) is 0 Å². The third kappa shape index (κ3) is 5.15. The summed E-state index contributed by atoms with van der Waals surface area (Å²) in [5.74, 6) is 0.352. The van der Waals surface area contributed by atoms with Crippen molar-refractivity contribution in [1.29, 1.82) is 0 Å². The SMILES string of the molecule is CC(C)C1CCNC(=O)C(N(Cc2ccncc2)S(=O)(=O)c2ccc(Cl)cc2)C1. The second kappa shape index (κ2) is 9.24. The van der Waals surface area contributed by atoms with E-state index >= 15 is 0 Å². The summed E-state index contributed by atoms with van der Waals surface area (Å²) in [6.45, 7) is 4.87. The number of hydrogen-bond donors (Lipinski definition) is 1. The number of nitrogens with one attached hydrogen (secondary N) is 1. The van der Waals surface area contributed by atoms with Crippen LogP contribution in [0.5, 0.6) is 0 Å². The van der Waals surface area contributed by atoms with Gasteiger partial charge < -0.3 is 5.32 Å². The van der Waals surface area contributed by atoms with Gasteiger partial charge in [-0.2, -0.15) is 4.31 Å². The van der Waals surface area contributed by atoms with Crippen molar-refractivity contribution in [3.8, 4) is 0 Å². The first-order chi connectivity index (χ1) is 13.8. The van der Waals surface area contributed by atoms with Crippen LogP contribution in [0.25, 0.3) is 0 Å². The molecule has 2 aromatic rings. The third-order valence-corrected chi connectivity index (χ3v) is 7.56. The van der Waals surface area contributed by atoms with Crippen molar-refractivity contribution in [2.75, 3.05) is 6.54 Å². The Morgan fingerprint density at radius 3 is 2.45 bits per heavy atom. The molecule has 3 rings (SSSR count). The average Bonchev–Trinajstić information content (AvgIpc) is 2.89. The molecule has 0 radical (unpaired) electrons. The standard InChI is InChI=1S/C21H26ClN3O3S/c1-15(2)17-9-12-24-21(26)20(13-17)25(14-16-7-10-23-11-8-16)29(27,28)19-5-3-18(22)4-6-19/h3-8,10-11,15,17,20H,9,12-14H2,1-2H3,(H,24,26). The first-order valence-corrected chi connectivity index (χ1v) is 11.5. The van der Waals surface area contributed by atoms with Crippen LogP contribution in [0.2, 0.25) is 5.02 Å². The predicted octanol–water partition coefficient (Wildman–Crippen LogP) is 3.48. The van der Waals surface area contributed by atoms with Crippen LogP contribution in [0.1, 0.15) is 32.3 Å². The lowest BCUT2D eigenvalue weighted by molar-refractivity contribution is -0.124. The number of rotatable bonds is 6. The van der Waals surface area contributed by atoms with E-state index in [1.807, 2.05) is 0 Å². The Labute approximate surface area is 177 Å². The molecule has 2 atom stereocenters. The molecule has 1 aromatic heterocycles. The number of hydrogen-bond acceptors (Lipinski definition) is 4. The normalized spacial score (nSPS) is 20.5. The molecule has 0 bridgehead atoms. The van der Waals surface area contributed by atoms with Crippen molar-refractivity contribution in [3.05, 3.63) is 59.4 Å². The van der Waals surface area contributed by atoms with Gasteiger partial charge in [-0.15, -0.1) is 0 Å². The maximum atomic E-state index is 13.6. The van der Waals surface area contributed by atoms with Crippen LogP contribution in [0.15, 0.2) is 53.7 Å². The van der Waals surface area contributed by atoms with Gasteiger partial charge in [-0.1, -0.05) is 25.4 Å². The summed E-state index contributed by atoms with van der Waals surface area (Å²) >= 11 is 5.94. The van der Waals surface area contributed by atoms with Crippen molar-refractivity contribution in [2.45, 2.75) is 44.2 Å². The molecule has 0 aliphatic carbocycles. The summed E-state index contributed by atoms with van der Waals surface area (Å²) in [5.41, 5.74) is 0.774. The second-order valence-electron chi connectivity index (χ2n) is 7.69. The van der Waals surface area contributed by atoms with E-state index in [0.717, 1.165) is 12.0 Å². The van der Waals surface area contributed by atoms with Crippen LogP contribution in [-0.2, 0) is 21.4 Å². The molecule has 1 aliphatic heterocycles. The number of carbonyl (C=O) groups is 1. The number of pyridine rings is 1. The highest BCUT2D eigenvalue weighted by Crippen LogP contribution is 2.30. The Bertz CT molecular complexity index is 933. The van der Waals surface area contributed by atoms with Gasteiger partial charge in [-0.3, -0.25) is 9.78 Å². The van der Waals surface area contributed by atoms with E-state index in [9.17, 15) is 13.2 Å². The third-order valence-electron chi connectivity index (χ3n) is 5.44. The molecule has 6 nitrogen and oxygen atoms in total. The topological polar surface area (TPSA) is 79.4 Å². The Morgan fingerprint density at radius 2 is 1.83 bits per heavy atom. The van der Waals surface area contributed by atoms with Crippen molar-refractivity contribution in [3.63, 3.8) is 0 Å². The fourth-order valence-electron chi connectivity index (χ4n) is 3.64. The second-order valence-corrected chi connectivity index (χ2v) is 10.0. The minimum Gasteiger partial charge on any atom is -0.355 e. The highest BCUT2D eigenvalue weighted by atomic mass is 35.5. The minimum atomic E-state index is -3.92. The molecule has 1 amide bonds. The Balaban J connectivity index is 2.04. The zero-order chi connectivity index (χ0) is 21.0. The van der Waals surface area contributed by atoms with E-state index in [1.165, 1.54) is 16.4 Å². The van der Waals surface area contributed by atoms with Crippen LogP contribution >= 0.6 is 11.6 Å². The smallest absolute Gasteiger partial charge is 0.244 e. The lowest BCUT2D eigenvalue weighted by Gasteiger charge is -2.31. The zero-order valence-electron chi connectivity index (χ0n) is 16.6. The molecule has 2 unspecified atom stereocenters. The summed E-state index contributed by atoms with van der Waals surface area (Å²) in [5, 5.41) is 3.36. The molecule has 1 fully saturated rings. The number of amides is 1. The molecule has 1 N–H and O–H groups in total. The molecule has 29 heavy (non-hydrogen) atoms. The molecule has 1 aromatic carbocycles. The number of sulfonamides is 1. The highest BCUT2D eigenvalue weighted by molar-refractivity contribution is 7.89. The van der Waals surface area contributed by atoms with Gasteiger partial charge in [-0.25, -0.2) is 8.42 Å². The zero-order valence-corrected chi connectivity index (χ0v) is 18.2. The largest absolute Gasteiger partial charge is 0.355 e. The first kappa shape index (κ1) is 21.7. The summed E-state index contributed by atoms with van der Waals surface area (Å²) in [7, 11) is -3.92. The summed E-state index contributed by atoms with van der Waals surface area (Å²) < 4.78 is 28.5. The molecule has 0 saturated carbocycles. The molecular weight excluding hydrogens is 410 g/mol. The maximum Gasteiger partial charge on any atom is 0.244 e. The van der Waals surface area contributed by atoms with Crippen LogP contribution in [-0.4, -0.2) is 36.2 Å². The Hall–Kier alpha value is -1.96. The number of halogens is 1. The van der Waals surface area contributed by atoms with E-state index in [4.69, 9.17) is 11.6 Å². The lowest BCUT2D eigenvalue weighted by Crippen LogP contribution is -2.48. The van der Waals surface area contributed by atoms with Gasteiger partial charge in [0.25, 0.3) is 0 Å². The minimum absolute atomic E-state index is 0.0936. The number of aromatic nitrogens is 1. The number of nitrogens with zero attached hydrogens (tertiary/aromatic N) is 2. The van der Waals surface area contributed by atoms with Crippen LogP contribution < -0.4 is 5.32 Å². The maximum absolute atomic E-state index is 13.6. The molecular formula is C21H26ClN3O3S. The van der Waals surface area contributed by atoms with Gasteiger partial charge in [0.2, 0.25) is 15.9 Å². The summed E-state index contributed by atoms with van der Waals surface area (Å²) in [6, 6.07) is 8.79. The van der Waals surface area contributed by atoms with Gasteiger partial charge in [-0.05, 0) is 66.6 Å². The molecule has 2 heterocycles. The van der Waals surface area contributed by atoms with Crippen LogP contribution in [0, 0.1) is 11.8 Å². The van der Waals surface area contributed by atoms with Crippen molar-refractivity contribution >= 4 is 27.5 Å². The number of carbonyl (C=O) groups excluding carboxylic acids is 1. The Kier molecular flexibility index (Phi) is 6.93. The van der Waals surface area contributed by atoms with Gasteiger partial charge in [0.1, 0.15) is 6.04 Å². The number of benzene rings is 1. The monoisotopic (exact) mass is 435 g/mol. The van der Waals surface area contributed by atoms with Gasteiger partial charge in [0.05, 0.1) is 4.90 Å². The van der Waals surface area contributed by atoms with E-state index in [2.05, 4.69) is 24.1 Å². The average molecular weight is 436 g/mol. The van der Waals surface area contributed by atoms with Crippen molar-refractivity contribution in [2.24, 2.45) is 11.8 Å². The fourth-order valence-corrected chi connectivity index (χ4v) is 5.35. The first-order valence-electron chi connectivity index (χ1n) is 9.73. The van der Waals surface area contributed by atoms with Crippen LogP contribution in [0.4, 0.5) is 0 Å². The van der Waals surface area contributed by atoms with E-state index in [-0.39, 0.29) is 23.3 Å². The summed E-state index contributed by atoms with van der Waals surface area (Å²) in [6.07, 6.45) is 4.56. The fraction of sp³-hybridized carbons (Fsp3) is 0.429. The quantitative estimate of drug-likeness (QED) is 0.753. The van der Waals surface area contributed by atoms with E-state index in [0.29, 0.717) is 23.9 Å². The lowest BCUT2D eigenvalue weighted by atomic mass is 9.87. The predicted molar refractivity (Wildman–Crippen MR) is 113 cm³/mol. The molecule has 0 spiro atoms. The van der Waals surface area contributed by atoms with Gasteiger partial charge >= 0.3 is 0 Å². The molecule has 8 heteroatoms. The van der Waals surface area contributed by atoms with Crippen LogP contribution in [0.3, 0.4) is 0 Å². The van der Waals surface area contributed by atoms with Crippen molar-refractivity contribution in [1.82, 2.24) is 14.6 Å². The highest BCUT2D eigenvalue weighted by Gasteiger charge is 2.39. The van der Waals surface area contributed by atoms with E-state index < -0.39 is 16.1 Å². The molecule has 1 saturated heterocycles. The van der Waals surface area contributed by atoms with Crippen molar-refractivity contribution < 1.29 is 13.2 Å². The molecule has 1 aliphatic rings. The summed E-state index contributed by atoms with van der Waals surface area (Å²) in [4.78, 5) is 17.0. The molecule has 156 valence electrons.